The Hall–Kier alpha value is -0.180. The number of hydrogen-bond acceptors (Lipinski definition) is 2. The Morgan fingerprint density at radius 2 is 2.07 bits per heavy atom. The molecule has 0 aliphatic heterocycles. The van der Waals surface area contributed by atoms with E-state index in [1.165, 1.54) is 12.8 Å². The predicted octanol–water partition coefficient (Wildman–Crippen LogP) is 2.73. The molecule has 88 valence electrons. The predicted molar refractivity (Wildman–Crippen MR) is 67.3 cm³/mol. The van der Waals surface area contributed by atoms with Gasteiger partial charge in [0.2, 0.25) is 5.91 Å². The van der Waals surface area contributed by atoms with Crippen LogP contribution in [0.5, 0.6) is 0 Å². The summed E-state index contributed by atoms with van der Waals surface area (Å²) in [6.07, 6.45) is 4.64. The maximum Gasteiger partial charge on any atom is 0.235 e. The molecule has 1 aliphatic rings. The van der Waals surface area contributed by atoms with E-state index in [9.17, 15) is 4.79 Å². The quantitative estimate of drug-likeness (QED) is 0.694. The minimum absolute atomic E-state index is 0.123. The van der Waals surface area contributed by atoms with E-state index in [1.807, 2.05) is 0 Å². The number of rotatable bonds is 6. The fourth-order valence-electron chi connectivity index (χ4n) is 1.64. The lowest BCUT2D eigenvalue weighted by molar-refractivity contribution is -0.131. The van der Waals surface area contributed by atoms with Crippen molar-refractivity contribution in [2.45, 2.75) is 57.7 Å². The fourth-order valence-corrected chi connectivity index (χ4v) is 1.79. The summed E-state index contributed by atoms with van der Waals surface area (Å²) in [6, 6.07) is 0.525. The zero-order valence-corrected chi connectivity index (χ0v) is 11.0. The van der Waals surface area contributed by atoms with Crippen molar-refractivity contribution < 1.29 is 4.79 Å². The van der Waals surface area contributed by atoms with Gasteiger partial charge < -0.3 is 4.90 Å². The van der Waals surface area contributed by atoms with Crippen molar-refractivity contribution in [3.63, 3.8) is 0 Å². The van der Waals surface area contributed by atoms with Gasteiger partial charge in [-0.2, -0.15) is 12.6 Å². The van der Waals surface area contributed by atoms with E-state index in [1.54, 1.807) is 0 Å². The molecule has 1 rings (SSSR count). The third-order valence-electron chi connectivity index (χ3n) is 2.91. The zero-order chi connectivity index (χ0) is 11.4. The zero-order valence-electron chi connectivity index (χ0n) is 10.1. The Morgan fingerprint density at radius 3 is 2.47 bits per heavy atom. The molecule has 0 heterocycles. The second-order valence-electron chi connectivity index (χ2n) is 4.81. The van der Waals surface area contributed by atoms with E-state index in [0.29, 0.717) is 12.0 Å². The maximum atomic E-state index is 12.1. The average molecular weight is 229 g/mol. The van der Waals surface area contributed by atoms with Gasteiger partial charge in [0.05, 0.1) is 5.25 Å². The largest absolute Gasteiger partial charge is 0.339 e. The fraction of sp³-hybridized carbons (Fsp3) is 0.917. The number of thiol groups is 1. The summed E-state index contributed by atoms with van der Waals surface area (Å²) in [5.41, 5.74) is 0. The van der Waals surface area contributed by atoms with Crippen LogP contribution in [0.25, 0.3) is 0 Å². The molecule has 3 heteroatoms. The second-order valence-corrected chi connectivity index (χ2v) is 5.36. The summed E-state index contributed by atoms with van der Waals surface area (Å²) in [5, 5.41) is -0.123. The highest BCUT2D eigenvalue weighted by Gasteiger charge is 2.34. The van der Waals surface area contributed by atoms with Crippen LogP contribution >= 0.6 is 12.6 Å². The van der Waals surface area contributed by atoms with Gasteiger partial charge >= 0.3 is 0 Å². The second kappa shape index (κ2) is 5.78. The summed E-state index contributed by atoms with van der Waals surface area (Å²) in [6.45, 7) is 7.20. The van der Waals surface area contributed by atoms with Gasteiger partial charge in [-0.3, -0.25) is 4.79 Å². The number of carbonyl (C=O) groups excluding carboxylic acids is 1. The number of hydrogen-bond donors (Lipinski definition) is 1. The number of carbonyl (C=O) groups is 1. The first-order valence-electron chi connectivity index (χ1n) is 6.06. The van der Waals surface area contributed by atoms with E-state index in [2.05, 4.69) is 38.3 Å². The van der Waals surface area contributed by atoms with Gasteiger partial charge in [0.25, 0.3) is 0 Å². The van der Waals surface area contributed by atoms with Gasteiger partial charge in [-0.05, 0) is 25.2 Å². The lowest BCUT2D eigenvalue weighted by Gasteiger charge is -2.26. The van der Waals surface area contributed by atoms with Crippen molar-refractivity contribution in [1.82, 2.24) is 4.90 Å². The first-order chi connectivity index (χ1) is 7.07. The highest BCUT2D eigenvalue weighted by atomic mass is 32.1. The molecule has 0 N–H and O–H groups in total. The van der Waals surface area contributed by atoms with E-state index in [0.717, 1.165) is 19.4 Å². The van der Waals surface area contributed by atoms with E-state index < -0.39 is 0 Å². The Kier molecular flexibility index (Phi) is 4.97. The Bertz CT molecular complexity index is 214. The molecule has 0 aromatic carbocycles. The van der Waals surface area contributed by atoms with Crippen molar-refractivity contribution in [2.24, 2.45) is 5.92 Å². The molecule has 1 saturated carbocycles. The first-order valence-corrected chi connectivity index (χ1v) is 6.58. The van der Waals surface area contributed by atoms with Crippen molar-refractivity contribution >= 4 is 18.5 Å². The van der Waals surface area contributed by atoms with Crippen LogP contribution in [0.3, 0.4) is 0 Å². The topological polar surface area (TPSA) is 20.3 Å². The van der Waals surface area contributed by atoms with Crippen LogP contribution in [0, 0.1) is 5.92 Å². The summed E-state index contributed by atoms with van der Waals surface area (Å²) >= 11 is 4.41. The summed E-state index contributed by atoms with van der Waals surface area (Å²) in [7, 11) is 0. The molecule has 1 unspecified atom stereocenters. The van der Waals surface area contributed by atoms with Gasteiger partial charge in [-0.15, -0.1) is 0 Å². The molecule has 15 heavy (non-hydrogen) atoms. The molecule has 2 nitrogen and oxygen atoms in total. The van der Waals surface area contributed by atoms with Gasteiger partial charge in [0, 0.05) is 12.6 Å². The van der Waals surface area contributed by atoms with Crippen LogP contribution in [0.2, 0.25) is 0 Å². The molecule has 1 amide bonds. The first kappa shape index (κ1) is 12.9. The molecule has 0 aromatic heterocycles. The molecule has 1 fully saturated rings. The Morgan fingerprint density at radius 1 is 1.47 bits per heavy atom. The van der Waals surface area contributed by atoms with Crippen LogP contribution in [0.15, 0.2) is 0 Å². The molecule has 0 bridgehead atoms. The SMILES string of the molecule is CCCCN(C(=O)C(S)C(C)C)C1CC1. The van der Waals surface area contributed by atoms with E-state index in [4.69, 9.17) is 0 Å². The van der Waals surface area contributed by atoms with Crippen LogP contribution < -0.4 is 0 Å². The third-order valence-corrected chi connectivity index (χ3v) is 3.72. The lowest BCUT2D eigenvalue weighted by Crippen LogP contribution is -2.41. The monoisotopic (exact) mass is 229 g/mol. The van der Waals surface area contributed by atoms with E-state index in [-0.39, 0.29) is 11.2 Å². The van der Waals surface area contributed by atoms with Crippen LogP contribution in [0.1, 0.15) is 46.5 Å². The molecule has 0 radical (unpaired) electrons. The van der Waals surface area contributed by atoms with Crippen molar-refractivity contribution in [2.75, 3.05) is 6.54 Å². The molecular formula is C12H23NOS. The molecule has 1 atom stereocenters. The lowest BCUT2D eigenvalue weighted by atomic mass is 10.1. The number of unbranched alkanes of at least 4 members (excludes halogenated alkanes) is 1. The molecular weight excluding hydrogens is 206 g/mol. The Balaban J connectivity index is 2.50. The normalized spacial score (nSPS) is 17.9. The van der Waals surface area contributed by atoms with Crippen LogP contribution in [-0.4, -0.2) is 28.6 Å². The van der Waals surface area contributed by atoms with Crippen molar-refractivity contribution in [3.8, 4) is 0 Å². The standard InChI is InChI=1S/C12H23NOS/c1-4-5-8-13(10-6-7-10)12(14)11(15)9(2)3/h9-11,15H,4-8H2,1-3H3. The van der Waals surface area contributed by atoms with Gasteiger partial charge in [0.15, 0.2) is 0 Å². The highest BCUT2D eigenvalue weighted by molar-refractivity contribution is 7.81. The van der Waals surface area contributed by atoms with Crippen molar-refractivity contribution in [1.29, 1.82) is 0 Å². The van der Waals surface area contributed by atoms with Crippen LogP contribution in [0.4, 0.5) is 0 Å². The smallest absolute Gasteiger partial charge is 0.235 e. The van der Waals surface area contributed by atoms with Crippen molar-refractivity contribution in [3.05, 3.63) is 0 Å². The summed E-state index contributed by atoms with van der Waals surface area (Å²) < 4.78 is 0. The third kappa shape index (κ3) is 3.71. The molecule has 0 saturated heterocycles. The summed E-state index contributed by atoms with van der Waals surface area (Å²) in [5.74, 6) is 0.563. The maximum absolute atomic E-state index is 12.1. The average Bonchev–Trinajstić information content (AvgIpc) is 3.00. The van der Waals surface area contributed by atoms with Gasteiger partial charge in [-0.1, -0.05) is 27.2 Å². The minimum Gasteiger partial charge on any atom is -0.339 e. The van der Waals surface area contributed by atoms with Crippen LogP contribution in [-0.2, 0) is 4.79 Å². The van der Waals surface area contributed by atoms with Gasteiger partial charge in [-0.25, -0.2) is 0 Å². The number of amides is 1. The molecule has 0 aromatic rings. The molecule has 0 spiro atoms. The Labute approximate surface area is 98.8 Å². The highest BCUT2D eigenvalue weighted by Crippen LogP contribution is 2.29. The van der Waals surface area contributed by atoms with Gasteiger partial charge in [0.1, 0.15) is 0 Å². The molecule has 1 aliphatic carbocycles. The number of nitrogens with zero attached hydrogens (tertiary/aromatic N) is 1. The minimum atomic E-state index is -0.123. The van der Waals surface area contributed by atoms with E-state index >= 15 is 0 Å². The summed E-state index contributed by atoms with van der Waals surface area (Å²) in [4.78, 5) is 14.2.